The fourth-order valence-corrected chi connectivity index (χ4v) is 17.3. The smallest absolute Gasteiger partial charge is 0.0479 e. The molecule has 0 radical (unpaired) electrons. The first-order valence-corrected chi connectivity index (χ1v) is 34.4. The molecule has 7 heterocycles. The summed E-state index contributed by atoms with van der Waals surface area (Å²) in [4.78, 5) is 15.1. The zero-order chi connectivity index (χ0) is 58.5. The predicted molar refractivity (Wildman–Crippen MR) is 356 cm³/mol. The van der Waals surface area contributed by atoms with Crippen LogP contribution >= 0.6 is 0 Å². The molecule has 14 rings (SSSR count). The van der Waals surface area contributed by atoms with Gasteiger partial charge in [0, 0.05) is 92.4 Å². The quantitative estimate of drug-likeness (QED) is 0.174. The Bertz CT molecular complexity index is 2360. The first kappa shape index (κ1) is 64.8. The molecule has 458 valence electrons. The number of likely N-dealkylation sites (N-methyl/N-ethyl adjacent to an activating group) is 1. The van der Waals surface area contributed by atoms with Crippen LogP contribution in [-0.2, 0) is 19.9 Å². The molecule has 10 aliphatic rings. The number of rotatable bonds is 0. The Balaban J connectivity index is 0.000000125. The summed E-state index contributed by atoms with van der Waals surface area (Å²) in [5.74, 6) is 6.30. The number of hydrogen-bond donors (Lipinski definition) is 0. The van der Waals surface area contributed by atoms with Gasteiger partial charge in [-0.1, -0.05) is 125 Å². The molecule has 82 heavy (non-hydrogen) atoms. The predicted octanol–water partition coefficient (Wildman–Crippen LogP) is 17.1. The molecule has 6 aliphatic heterocycles. The number of nitrogens with zero attached hydrogens (tertiary/aromatic N) is 7. The molecule has 14 atom stereocenters. The van der Waals surface area contributed by atoms with Crippen molar-refractivity contribution in [1.82, 2.24) is 29.1 Å². The molecule has 4 saturated heterocycles. The van der Waals surface area contributed by atoms with Crippen LogP contribution in [0.15, 0.2) is 78.9 Å². The van der Waals surface area contributed by atoms with Gasteiger partial charge in [0.1, 0.15) is 0 Å². The molecule has 0 bridgehead atoms. The summed E-state index contributed by atoms with van der Waals surface area (Å²) in [5, 5.41) is 1.33. The summed E-state index contributed by atoms with van der Waals surface area (Å²) in [5.41, 5.74) is 8.57. The van der Waals surface area contributed by atoms with Gasteiger partial charge in [-0.3, -0.25) is 4.90 Å². The Morgan fingerprint density at radius 2 is 0.988 bits per heavy atom. The van der Waals surface area contributed by atoms with Gasteiger partial charge in [-0.15, -0.1) is 0 Å². The zero-order valence-electron chi connectivity index (χ0n) is 55.3. The van der Waals surface area contributed by atoms with Crippen LogP contribution in [-0.4, -0.2) is 133 Å². The van der Waals surface area contributed by atoms with E-state index in [2.05, 4.69) is 211 Å². The fourth-order valence-electron chi connectivity index (χ4n) is 17.3. The fraction of sp³-hybridized carbons (Fsp3) is 0.733. The normalized spacial score (nSPS) is 33.6. The molecule has 7 nitrogen and oxygen atoms in total. The summed E-state index contributed by atoms with van der Waals surface area (Å²) in [6.07, 6.45) is 34.9. The van der Waals surface area contributed by atoms with Crippen LogP contribution in [0.1, 0.15) is 211 Å². The van der Waals surface area contributed by atoms with Gasteiger partial charge in [0.2, 0.25) is 0 Å². The molecule has 8 fully saturated rings. The minimum absolute atomic E-state index is 0.593. The van der Waals surface area contributed by atoms with E-state index in [1.807, 2.05) is 0 Å². The van der Waals surface area contributed by atoms with Crippen molar-refractivity contribution < 1.29 is 0 Å². The highest BCUT2D eigenvalue weighted by atomic mass is 15.2. The molecule has 14 unspecified atom stereocenters. The molecular weight excluding hydrogens is 999 g/mol. The number of benzene rings is 3. The van der Waals surface area contributed by atoms with E-state index < -0.39 is 0 Å². The Hall–Kier alpha value is -3.20. The number of anilines is 1. The summed E-state index contributed by atoms with van der Waals surface area (Å²) in [7, 11) is 15.7. The SMILES string of the molecule is CC1C2CCCCC2CCN1C.CC1CC2CCCCC2CN1C.CC1CC2CCCCC2N1C.CC1CCC2CCCCC2N1C.CC1CCc2ccccc2N1C.CC1c2ccccc2CCN1C.Cc1cc2ccccc2n1C. The summed E-state index contributed by atoms with van der Waals surface area (Å²) in [6.45, 7) is 20.1. The topological polar surface area (TPSA) is 24.4 Å². The van der Waals surface area contributed by atoms with Crippen LogP contribution in [0.25, 0.3) is 10.9 Å². The maximum atomic E-state index is 2.63. The third kappa shape index (κ3) is 16.9. The highest BCUT2D eigenvalue weighted by molar-refractivity contribution is 5.81. The van der Waals surface area contributed by atoms with Gasteiger partial charge in [-0.2, -0.15) is 0 Å². The molecule has 1 aromatic heterocycles. The third-order valence-corrected chi connectivity index (χ3v) is 23.9. The van der Waals surface area contributed by atoms with E-state index in [9.17, 15) is 0 Å². The summed E-state index contributed by atoms with van der Waals surface area (Å²) in [6, 6.07) is 34.6. The maximum absolute atomic E-state index is 2.63. The van der Waals surface area contributed by atoms with Crippen molar-refractivity contribution in [3.05, 3.63) is 101 Å². The standard InChI is InChI=1S/2C11H21N.C11H15N.C11H21N.C11H15N.C10H19N.C10H11N/c1-9-7-10-5-3-4-6-11(10)8-12(9)2;2*1-9-11-6-4-3-5-10(11)7-8-12(9)2;2*1-9-7-8-10-5-3-4-6-11(10)12(9)2;2*1-8-7-9-5-3-4-6-10(9)11(8)2/h2*9-11H,3-8H2,1-2H3;3-6,9H,7-8H2,1-2H3;9-11H,3-8H2,1-2H3;3-6,9H,7-8H2,1-2H3;8-10H,3-7H2,1-2H3;3-7H,1-2H3. The van der Waals surface area contributed by atoms with Crippen molar-refractivity contribution in [1.29, 1.82) is 0 Å². The first-order valence-electron chi connectivity index (χ1n) is 34.4. The molecule has 4 aliphatic carbocycles. The Kier molecular flexibility index (Phi) is 24.8. The third-order valence-electron chi connectivity index (χ3n) is 23.9. The summed E-state index contributed by atoms with van der Waals surface area (Å²) >= 11 is 0. The molecule has 0 spiro atoms. The first-order chi connectivity index (χ1) is 39.5. The van der Waals surface area contributed by atoms with E-state index in [4.69, 9.17) is 0 Å². The van der Waals surface area contributed by atoms with Gasteiger partial charge >= 0.3 is 0 Å². The average molecular weight is 1120 g/mol. The van der Waals surface area contributed by atoms with Crippen molar-refractivity contribution in [3.8, 4) is 0 Å². The van der Waals surface area contributed by atoms with Crippen molar-refractivity contribution in [3.63, 3.8) is 0 Å². The van der Waals surface area contributed by atoms with Crippen molar-refractivity contribution in [2.24, 2.45) is 42.6 Å². The lowest BCUT2D eigenvalue weighted by Gasteiger charge is -2.45. The second-order valence-corrected chi connectivity index (χ2v) is 28.7. The largest absolute Gasteiger partial charge is 0.372 e. The number of likely N-dealkylation sites (tertiary alicyclic amines) is 4. The van der Waals surface area contributed by atoms with Crippen molar-refractivity contribution in [2.45, 2.75) is 251 Å². The summed E-state index contributed by atoms with van der Waals surface area (Å²) < 4.78 is 2.20. The lowest BCUT2D eigenvalue weighted by molar-refractivity contribution is 0.0447. The lowest BCUT2D eigenvalue weighted by Crippen LogP contribution is -2.48. The van der Waals surface area contributed by atoms with E-state index in [-0.39, 0.29) is 0 Å². The Morgan fingerprint density at radius 3 is 1.71 bits per heavy atom. The van der Waals surface area contributed by atoms with Gasteiger partial charge in [-0.25, -0.2) is 0 Å². The number of fused-ring (bicyclic) bond motifs is 7. The highest BCUT2D eigenvalue weighted by Gasteiger charge is 2.39. The van der Waals surface area contributed by atoms with E-state index in [1.165, 1.54) is 213 Å². The van der Waals surface area contributed by atoms with E-state index in [0.717, 1.165) is 71.8 Å². The molecule has 4 saturated carbocycles. The number of hydrogen-bond acceptors (Lipinski definition) is 6. The van der Waals surface area contributed by atoms with Crippen LogP contribution in [0.2, 0.25) is 0 Å². The number of aryl methyl sites for hydroxylation is 3. The maximum Gasteiger partial charge on any atom is 0.0479 e. The monoisotopic (exact) mass is 1120 g/mol. The van der Waals surface area contributed by atoms with E-state index in [0.29, 0.717) is 12.1 Å². The second-order valence-electron chi connectivity index (χ2n) is 28.7. The molecule has 7 heteroatoms. The van der Waals surface area contributed by atoms with Crippen LogP contribution in [0, 0.1) is 42.4 Å². The molecule has 0 N–H and O–H groups in total. The van der Waals surface area contributed by atoms with Gasteiger partial charge < -0.3 is 29.1 Å². The lowest BCUT2D eigenvalue weighted by atomic mass is 9.71. The number of para-hydroxylation sites is 2. The minimum atomic E-state index is 0.593. The highest BCUT2D eigenvalue weighted by Crippen LogP contribution is 2.41. The molecular formula is C75H123N7. The van der Waals surface area contributed by atoms with Gasteiger partial charge in [0.25, 0.3) is 0 Å². The zero-order valence-corrected chi connectivity index (χ0v) is 55.3. The molecule has 3 aromatic carbocycles. The van der Waals surface area contributed by atoms with Crippen molar-refractivity contribution >= 4 is 16.6 Å². The minimum Gasteiger partial charge on any atom is -0.372 e. The van der Waals surface area contributed by atoms with Crippen LogP contribution in [0.5, 0.6) is 0 Å². The van der Waals surface area contributed by atoms with Gasteiger partial charge in [0.15, 0.2) is 0 Å². The molecule has 0 amide bonds. The van der Waals surface area contributed by atoms with Crippen LogP contribution < -0.4 is 4.90 Å². The Morgan fingerprint density at radius 1 is 0.415 bits per heavy atom. The van der Waals surface area contributed by atoms with Gasteiger partial charge in [-0.05, 0) is 256 Å². The van der Waals surface area contributed by atoms with Crippen LogP contribution in [0.3, 0.4) is 0 Å². The van der Waals surface area contributed by atoms with E-state index >= 15 is 0 Å². The Labute approximate surface area is 504 Å². The number of piperidine rings is 3. The number of aromatic nitrogens is 1. The average Bonchev–Trinajstić information content (AvgIpc) is 4.11. The second kappa shape index (κ2) is 31.4. The van der Waals surface area contributed by atoms with Gasteiger partial charge in [0.05, 0.1) is 0 Å². The van der Waals surface area contributed by atoms with E-state index in [1.54, 1.807) is 0 Å². The van der Waals surface area contributed by atoms with Crippen molar-refractivity contribution in [2.75, 3.05) is 66.8 Å². The van der Waals surface area contributed by atoms with Crippen LogP contribution in [0.4, 0.5) is 5.69 Å². The molecule has 4 aromatic rings.